The van der Waals surface area contributed by atoms with Gasteiger partial charge in [0.1, 0.15) is 0 Å². The average Bonchev–Trinajstić information content (AvgIpc) is 2.66. The van der Waals surface area contributed by atoms with Crippen molar-refractivity contribution in [2.75, 3.05) is 13.4 Å². The Morgan fingerprint density at radius 1 is 1.53 bits per heavy atom. The Kier molecular flexibility index (Phi) is 2.89. The minimum absolute atomic E-state index is 0.0537. The minimum Gasteiger partial charge on any atom is -0.454 e. The summed E-state index contributed by atoms with van der Waals surface area (Å²) in [4.78, 5) is 0. The molecule has 0 saturated heterocycles. The zero-order chi connectivity index (χ0) is 11.0. The van der Waals surface area contributed by atoms with E-state index in [4.69, 9.17) is 9.47 Å². The van der Waals surface area contributed by atoms with Crippen molar-refractivity contribution in [1.29, 1.82) is 0 Å². The topological polar surface area (TPSA) is 38.7 Å². The summed E-state index contributed by atoms with van der Waals surface area (Å²) < 4.78 is 11.8. The zero-order valence-corrected chi connectivity index (χ0v) is 10.3. The molecule has 1 heterocycles. The molecule has 0 aromatic heterocycles. The molecule has 0 bridgehead atoms. The van der Waals surface area contributed by atoms with Crippen molar-refractivity contribution in [3.63, 3.8) is 0 Å². The smallest absolute Gasteiger partial charge is 0.231 e. The first kappa shape index (κ1) is 10.8. The van der Waals surface area contributed by atoms with Gasteiger partial charge in [0.05, 0.1) is 0 Å². The van der Waals surface area contributed by atoms with E-state index in [1.165, 1.54) is 0 Å². The van der Waals surface area contributed by atoms with Gasteiger partial charge in [-0.2, -0.15) is 0 Å². The third-order valence-corrected chi connectivity index (χ3v) is 3.50. The lowest BCUT2D eigenvalue weighted by molar-refractivity contribution is 0.172. The molecule has 0 spiro atoms. The number of hydrogen-bond donors (Lipinski definition) is 1. The first-order valence-corrected chi connectivity index (χ1v) is 5.64. The van der Waals surface area contributed by atoms with Crippen LogP contribution in [0.15, 0.2) is 10.5 Å². The molecule has 1 atom stereocenters. The lowest BCUT2D eigenvalue weighted by Crippen LogP contribution is -2.04. The van der Waals surface area contributed by atoms with Crippen LogP contribution < -0.4 is 9.47 Å². The number of hydrogen-bond acceptors (Lipinski definition) is 3. The van der Waals surface area contributed by atoms with Crippen molar-refractivity contribution < 1.29 is 14.6 Å². The Balaban J connectivity index is 2.60. The highest BCUT2D eigenvalue weighted by Crippen LogP contribution is 2.44. The van der Waals surface area contributed by atoms with Gasteiger partial charge in [-0.1, -0.05) is 22.9 Å². The first-order valence-electron chi connectivity index (χ1n) is 4.84. The van der Waals surface area contributed by atoms with E-state index in [0.717, 1.165) is 27.1 Å². The number of rotatable bonds is 2. The van der Waals surface area contributed by atoms with Crippen molar-refractivity contribution in [3.8, 4) is 11.5 Å². The van der Waals surface area contributed by atoms with Crippen LogP contribution in [-0.2, 0) is 0 Å². The van der Waals surface area contributed by atoms with E-state index >= 15 is 0 Å². The van der Waals surface area contributed by atoms with Gasteiger partial charge in [-0.15, -0.1) is 0 Å². The van der Waals surface area contributed by atoms with Crippen molar-refractivity contribution >= 4 is 15.9 Å². The summed E-state index contributed by atoms with van der Waals surface area (Å²) in [5, 5.41) is 9.22. The molecule has 1 aliphatic heterocycles. The molecule has 1 aromatic rings. The second-order valence-corrected chi connectivity index (χ2v) is 4.57. The number of ether oxygens (including phenoxy) is 2. The van der Waals surface area contributed by atoms with Crippen LogP contribution >= 0.6 is 15.9 Å². The highest BCUT2D eigenvalue weighted by Gasteiger charge is 2.24. The Hall–Kier alpha value is -0.740. The van der Waals surface area contributed by atoms with Crippen molar-refractivity contribution in [1.82, 2.24) is 0 Å². The molecule has 1 unspecified atom stereocenters. The van der Waals surface area contributed by atoms with Crippen LogP contribution in [0.4, 0.5) is 0 Å². The maximum Gasteiger partial charge on any atom is 0.231 e. The zero-order valence-electron chi connectivity index (χ0n) is 8.71. The quantitative estimate of drug-likeness (QED) is 0.900. The molecule has 0 radical (unpaired) electrons. The summed E-state index contributed by atoms with van der Waals surface area (Å²) in [7, 11) is 0. The molecule has 1 N–H and O–H groups in total. The van der Waals surface area contributed by atoms with Gasteiger partial charge in [0.2, 0.25) is 6.79 Å². The fraction of sp³-hybridized carbons (Fsp3) is 0.455. The molecular weight excluding hydrogens is 260 g/mol. The Bertz CT molecular complexity index is 390. The SMILES string of the molecule is Cc1c(Br)cc2c(c1C(C)CO)OCO2. The monoisotopic (exact) mass is 272 g/mol. The van der Waals surface area contributed by atoms with Gasteiger partial charge in [-0.3, -0.25) is 0 Å². The lowest BCUT2D eigenvalue weighted by atomic mass is 9.95. The Morgan fingerprint density at radius 2 is 2.27 bits per heavy atom. The van der Waals surface area contributed by atoms with Crippen molar-refractivity contribution in [2.24, 2.45) is 0 Å². The van der Waals surface area contributed by atoms with Crippen molar-refractivity contribution in [3.05, 3.63) is 21.7 Å². The van der Waals surface area contributed by atoms with Gasteiger partial charge in [0.15, 0.2) is 11.5 Å². The van der Waals surface area contributed by atoms with Crippen LogP contribution in [0.2, 0.25) is 0 Å². The van der Waals surface area contributed by atoms with Crippen LogP contribution in [0.5, 0.6) is 11.5 Å². The second-order valence-electron chi connectivity index (χ2n) is 3.71. The molecule has 4 heteroatoms. The molecule has 15 heavy (non-hydrogen) atoms. The normalized spacial score (nSPS) is 15.5. The third kappa shape index (κ3) is 1.72. The molecule has 0 fully saturated rings. The van der Waals surface area contributed by atoms with Gasteiger partial charge < -0.3 is 14.6 Å². The van der Waals surface area contributed by atoms with Crippen LogP contribution in [0.1, 0.15) is 24.0 Å². The van der Waals surface area contributed by atoms with Crippen LogP contribution in [0.3, 0.4) is 0 Å². The van der Waals surface area contributed by atoms with E-state index in [2.05, 4.69) is 15.9 Å². The summed E-state index contributed by atoms with van der Waals surface area (Å²) in [5.41, 5.74) is 2.13. The summed E-state index contributed by atoms with van der Waals surface area (Å²) in [5.74, 6) is 1.58. The molecule has 82 valence electrons. The summed E-state index contributed by atoms with van der Waals surface area (Å²) in [6.45, 7) is 4.34. The molecule has 0 saturated carbocycles. The number of halogens is 1. The van der Waals surface area contributed by atoms with Gasteiger partial charge >= 0.3 is 0 Å². The van der Waals surface area contributed by atoms with E-state index in [1.807, 2.05) is 19.9 Å². The van der Waals surface area contributed by atoms with E-state index in [-0.39, 0.29) is 19.3 Å². The van der Waals surface area contributed by atoms with E-state index in [0.29, 0.717) is 0 Å². The standard InChI is InChI=1S/C11H13BrO3/c1-6(4-13)10-7(2)8(12)3-9-11(10)15-5-14-9/h3,6,13H,4-5H2,1-2H3. The molecule has 2 rings (SSSR count). The third-order valence-electron chi connectivity index (χ3n) is 2.67. The van der Waals surface area contributed by atoms with Gasteiger partial charge in [-0.05, 0) is 18.6 Å². The van der Waals surface area contributed by atoms with Gasteiger partial charge in [-0.25, -0.2) is 0 Å². The lowest BCUT2D eigenvalue weighted by Gasteiger charge is -2.15. The summed E-state index contributed by atoms with van der Waals surface area (Å²) in [6, 6.07) is 1.91. The maximum atomic E-state index is 9.22. The number of benzene rings is 1. The van der Waals surface area contributed by atoms with Crippen LogP contribution in [-0.4, -0.2) is 18.5 Å². The predicted octanol–water partition coefficient (Wildman–Crippen LogP) is 2.58. The largest absolute Gasteiger partial charge is 0.454 e. The van der Waals surface area contributed by atoms with Gasteiger partial charge in [0.25, 0.3) is 0 Å². The van der Waals surface area contributed by atoms with E-state index in [1.54, 1.807) is 0 Å². The maximum absolute atomic E-state index is 9.22. The molecule has 0 aliphatic carbocycles. The molecule has 3 nitrogen and oxygen atoms in total. The number of aliphatic hydroxyl groups excluding tert-OH is 1. The summed E-state index contributed by atoms with van der Waals surface area (Å²) >= 11 is 3.48. The first-order chi connectivity index (χ1) is 7.15. The van der Waals surface area contributed by atoms with E-state index in [9.17, 15) is 5.11 Å². The fourth-order valence-electron chi connectivity index (χ4n) is 1.81. The van der Waals surface area contributed by atoms with Crippen LogP contribution in [0, 0.1) is 6.92 Å². The number of aliphatic hydroxyl groups is 1. The van der Waals surface area contributed by atoms with Crippen LogP contribution in [0.25, 0.3) is 0 Å². The molecular formula is C11H13BrO3. The van der Waals surface area contributed by atoms with Crippen molar-refractivity contribution in [2.45, 2.75) is 19.8 Å². The highest BCUT2D eigenvalue weighted by atomic mass is 79.9. The second kappa shape index (κ2) is 4.02. The van der Waals surface area contributed by atoms with E-state index < -0.39 is 0 Å². The number of fused-ring (bicyclic) bond motifs is 1. The Morgan fingerprint density at radius 3 is 2.93 bits per heavy atom. The minimum atomic E-state index is 0.0537. The van der Waals surface area contributed by atoms with Gasteiger partial charge in [0, 0.05) is 22.6 Å². The predicted molar refractivity (Wildman–Crippen MR) is 60.5 cm³/mol. The fourth-order valence-corrected chi connectivity index (χ4v) is 2.23. The molecule has 1 aliphatic rings. The summed E-state index contributed by atoms with van der Waals surface area (Å²) in [6.07, 6.45) is 0. The Labute approximate surface area is 97.1 Å². The average molecular weight is 273 g/mol. The molecule has 1 aromatic carbocycles. The molecule has 0 amide bonds. The highest BCUT2D eigenvalue weighted by molar-refractivity contribution is 9.10.